The first-order valence-electron chi connectivity index (χ1n) is 7.77. The number of rotatable bonds is 4. The predicted octanol–water partition coefficient (Wildman–Crippen LogP) is 0.563. The molecule has 124 valence electrons. The molecule has 2 heterocycles. The maximum Gasteiger partial charge on any atom is 0.250 e. The van der Waals surface area contributed by atoms with Gasteiger partial charge in [-0.25, -0.2) is 0 Å². The Kier molecular flexibility index (Phi) is 4.61. The van der Waals surface area contributed by atoms with Gasteiger partial charge in [0.25, 0.3) is 5.91 Å². The van der Waals surface area contributed by atoms with Gasteiger partial charge < -0.3 is 20.5 Å². The molecule has 0 atom stereocenters. The first kappa shape index (κ1) is 15.9. The van der Waals surface area contributed by atoms with Crippen molar-refractivity contribution in [1.82, 2.24) is 4.90 Å². The van der Waals surface area contributed by atoms with Crippen molar-refractivity contribution in [3.63, 3.8) is 0 Å². The summed E-state index contributed by atoms with van der Waals surface area (Å²) in [5.41, 5.74) is 6.07. The lowest BCUT2D eigenvalue weighted by molar-refractivity contribution is -0.185. The molecule has 23 heavy (non-hydrogen) atoms. The average Bonchev–Trinajstić information content (AvgIpc) is 2.98. The second-order valence-corrected chi connectivity index (χ2v) is 5.84. The Morgan fingerprint density at radius 2 is 1.83 bits per heavy atom. The summed E-state index contributed by atoms with van der Waals surface area (Å²) in [6.45, 7) is 3.04. The van der Waals surface area contributed by atoms with Crippen LogP contribution < -0.4 is 11.1 Å². The van der Waals surface area contributed by atoms with E-state index in [1.54, 1.807) is 24.3 Å². The molecule has 3 rings (SSSR count). The van der Waals surface area contributed by atoms with Crippen LogP contribution in [0.2, 0.25) is 0 Å². The van der Waals surface area contributed by atoms with E-state index >= 15 is 0 Å². The molecule has 2 aliphatic rings. The number of hydrogen-bond donors (Lipinski definition) is 2. The van der Waals surface area contributed by atoms with E-state index in [4.69, 9.17) is 15.2 Å². The van der Waals surface area contributed by atoms with Crippen molar-refractivity contribution in [3.05, 3.63) is 29.8 Å². The van der Waals surface area contributed by atoms with E-state index in [-0.39, 0.29) is 12.5 Å². The first-order chi connectivity index (χ1) is 11.1. The lowest BCUT2D eigenvalue weighted by atomic mass is 10.0. The molecule has 0 radical (unpaired) electrons. The SMILES string of the molecule is NC(=O)c1ccccc1NC(=O)CN1CCC2(CC1)OCCO2. The summed E-state index contributed by atoms with van der Waals surface area (Å²) in [5, 5.41) is 2.76. The molecular weight excluding hydrogens is 298 g/mol. The Morgan fingerprint density at radius 3 is 2.48 bits per heavy atom. The predicted molar refractivity (Wildman–Crippen MR) is 83.9 cm³/mol. The zero-order valence-corrected chi connectivity index (χ0v) is 12.9. The van der Waals surface area contributed by atoms with E-state index in [2.05, 4.69) is 10.2 Å². The summed E-state index contributed by atoms with van der Waals surface area (Å²) < 4.78 is 11.3. The number of ether oxygens (including phenoxy) is 2. The minimum Gasteiger partial charge on any atom is -0.366 e. The molecule has 0 aliphatic carbocycles. The molecule has 2 saturated heterocycles. The molecule has 1 aromatic rings. The number of hydrogen-bond acceptors (Lipinski definition) is 5. The van der Waals surface area contributed by atoms with E-state index in [9.17, 15) is 9.59 Å². The lowest BCUT2D eigenvalue weighted by Crippen LogP contribution is -2.47. The smallest absolute Gasteiger partial charge is 0.250 e. The monoisotopic (exact) mass is 319 g/mol. The van der Waals surface area contributed by atoms with Crippen molar-refractivity contribution >= 4 is 17.5 Å². The number of anilines is 1. The number of carbonyl (C=O) groups excluding carboxylic acids is 2. The van der Waals surface area contributed by atoms with Crippen molar-refractivity contribution in [1.29, 1.82) is 0 Å². The highest BCUT2D eigenvalue weighted by Crippen LogP contribution is 2.31. The van der Waals surface area contributed by atoms with E-state index in [0.717, 1.165) is 25.9 Å². The molecule has 0 bridgehead atoms. The van der Waals surface area contributed by atoms with Gasteiger partial charge in [-0.3, -0.25) is 14.5 Å². The maximum atomic E-state index is 12.2. The minimum absolute atomic E-state index is 0.164. The van der Waals surface area contributed by atoms with Gasteiger partial charge >= 0.3 is 0 Å². The van der Waals surface area contributed by atoms with Crippen LogP contribution in [0.25, 0.3) is 0 Å². The topological polar surface area (TPSA) is 93.9 Å². The third kappa shape index (κ3) is 3.69. The first-order valence-corrected chi connectivity index (χ1v) is 7.77. The van der Waals surface area contributed by atoms with E-state index < -0.39 is 11.7 Å². The molecule has 0 unspecified atom stereocenters. The average molecular weight is 319 g/mol. The van der Waals surface area contributed by atoms with Crippen LogP contribution in [0.15, 0.2) is 24.3 Å². The van der Waals surface area contributed by atoms with Gasteiger partial charge in [0.05, 0.1) is 31.0 Å². The van der Waals surface area contributed by atoms with E-state index in [1.165, 1.54) is 0 Å². The fourth-order valence-corrected chi connectivity index (χ4v) is 3.04. The standard InChI is InChI=1S/C16H21N3O4/c17-15(21)12-3-1-2-4-13(12)18-14(20)11-19-7-5-16(6-8-19)22-9-10-23-16/h1-4H,5-11H2,(H2,17,21)(H,18,20). The molecule has 0 aromatic heterocycles. The molecule has 2 fully saturated rings. The van der Waals surface area contributed by atoms with Crippen LogP contribution in [0.5, 0.6) is 0 Å². The molecule has 3 N–H and O–H groups in total. The van der Waals surface area contributed by atoms with Gasteiger partial charge in [0.2, 0.25) is 5.91 Å². The Bertz CT molecular complexity index is 589. The van der Waals surface area contributed by atoms with Crippen LogP contribution >= 0.6 is 0 Å². The summed E-state index contributed by atoms with van der Waals surface area (Å²) in [6, 6.07) is 6.73. The van der Waals surface area contributed by atoms with Gasteiger partial charge in [0.15, 0.2) is 5.79 Å². The Hall–Kier alpha value is -1.96. The van der Waals surface area contributed by atoms with Crippen LogP contribution in [0.4, 0.5) is 5.69 Å². The fraction of sp³-hybridized carbons (Fsp3) is 0.500. The number of benzene rings is 1. The zero-order valence-electron chi connectivity index (χ0n) is 12.9. The third-order valence-corrected chi connectivity index (χ3v) is 4.27. The fourth-order valence-electron chi connectivity index (χ4n) is 3.04. The third-order valence-electron chi connectivity index (χ3n) is 4.27. The number of likely N-dealkylation sites (tertiary alicyclic amines) is 1. The second-order valence-electron chi connectivity index (χ2n) is 5.84. The number of primary amides is 1. The highest BCUT2D eigenvalue weighted by atomic mass is 16.7. The molecule has 2 aliphatic heterocycles. The Balaban J connectivity index is 1.53. The lowest BCUT2D eigenvalue weighted by Gasteiger charge is -2.37. The summed E-state index contributed by atoms with van der Waals surface area (Å²) in [5.74, 6) is -1.16. The van der Waals surface area contributed by atoms with Crippen molar-refractivity contribution in [2.24, 2.45) is 5.73 Å². The molecule has 1 spiro atoms. The van der Waals surface area contributed by atoms with Crippen molar-refractivity contribution < 1.29 is 19.1 Å². The highest BCUT2D eigenvalue weighted by molar-refractivity contribution is 6.03. The van der Waals surface area contributed by atoms with E-state index in [1.807, 2.05) is 0 Å². The van der Waals surface area contributed by atoms with Crippen LogP contribution in [0.3, 0.4) is 0 Å². The molecule has 1 aromatic carbocycles. The molecular formula is C16H21N3O4. The summed E-state index contributed by atoms with van der Waals surface area (Å²) in [7, 11) is 0. The number of nitrogens with two attached hydrogens (primary N) is 1. The Morgan fingerprint density at radius 1 is 1.17 bits per heavy atom. The molecule has 7 nitrogen and oxygen atoms in total. The summed E-state index contributed by atoms with van der Waals surface area (Å²) >= 11 is 0. The number of nitrogens with zero attached hydrogens (tertiary/aromatic N) is 1. The van der Waals surface area contributed by atoms with Crippen LogP contribution in [-0.4, -0.2) is 55.3 Å². The maximum absolute atomic E-state index is 12.2. The number of carbonyl (C=O) groups is 2. The highest BCUT2D eigenvalue weighted by Gasteiger charge is 2.39. The molecule has 0 saturated carbocycles. The van der Waals surface area contributed by atoms with Crippen LogP contribution in [-0.2, 0) is 14.3 Å². The summed E-state index contributed by atoms with van der Waals surface area (Å²) in [6.07, 6.45) is 1.52. The van der Waals surface area contributed by atoms with Gasteiger partial charge in [-0.05, 0) is 12.1 Å². The normalized spacial score (nSPS) is 20.5. The second kappa shape index (κ2) is 6.66. The quantitative estimate of drug-likeness (QED) is 0.846. The van der Waals surface area contributed by atoms with Gasteiger partial charge in [-0.2, -0.15) is 0 Å². The van der Waals surface area contributed by atoms with E-state index in [0.29, 0.717) is 24.5 Å². The number of nitrogens with one attached hydrogen (secondary N) is 1. The number of amides is 2. The van der Waals surface area contributed by atoms with Crippen LogP contribution in [0.1, 0.15) is 23.2 Å². The van der Waals surface area contributed by atoms with Gasteiger partial charge in [0.1, 0.15) is 0 Å². The Labute approximate surface area is 134 Å². The number of para-hydroxylation sites is 1. The molecule has 7 heteroatoms. The zero-order chi connectivity index (χ0) is 16.3. The van der Waals surface area contributed by atoms with Crippen molar-refractivity contribution in [3.8, 4) is 0 Å². The summed E-state index contributed by atoms with van der Waals surface area (Å²) in [4.78, 5) is 25.6. The van der Waals surface area contributed by atoms with Gasteiger partial charge in [-0.15, -0.1) is 0 Å². The minimum atomic E-state index is -0.559. The van der Waals surface area contributed by atoms with Crippen LogP contribution in [0, 0.1) is 0 Å². The van der Waals surface area contributed by atoms with Crippen molar-refractivity contribution in [2.75, 3.05) is 38.2 Å². The van der Waals surface area contributed by atoms with Gasteiger partial charge in [-0.1, -0.05) is 12.1 Å². The van der Waals surface area contributed by atoms with Gasteiger partial charge in [0, 0.05) is 25.9 Å². The number of piperidine rings is 1. The molecule has 2 amide bonds. The largest absolute Gasteiger partial charge is 0.366 e. The van der Waals surface area contributed by atoms with Crippen molar-refractivity contribution in [2.45, 2.75) is 18.6 Å².